The normalized spacial score (nSPS) is 14.2. The molecule has 1 aromatic carbocycles. The molecular formula is C20H25N3O6. The number of carboxylic acids is 1. The lowest BCUT2D eigenvalue weighted by Crippen LogP contribution is -2.52. The fraction of sp³-hybridized carbons (Fsp3) is 0.450. The second-order valence-corrected chi connectivity index (χ2v) is 7.27. The lowest BCUT2D eigenvalue weighted by molar-refractivity contribution is -0.138. The number of nitrogens with zero attached hydrogens (tertiary/aromatic N) is 1. The average Bonchev–Trinajstić information content (AvgIpc) is 3.09. The molecule has 156 valence electrons. The SMILES string of the molecule is CC(C)[C@@H](C)C(=O)N[C@@H](C)C(=O)N[C@H](CC(=O)O)C(=O)c1nc2ccccc2o1. The van der Waals surface area contributed by atoms with Crippen LogP contribution in [0, 0.1) is 11.8 Å². The molecule has 9 nitrogen and oxygen atoms in total. The van der Waals surface area contributed by atoms with E-state index in [1.807, 2.05) is 13.8 Å². The molecule has 0 aliphatic rings. The largest absolute Gasteiger partial charge is 0.481 e. The highest BCUT2D eigenvalue weighted by Crippen LogP contribution is 2.17. The number of carbonyl (C=O) groups excluding carboxylic acids is 3. The summed E-state index contributed by atoms with van der Waals surface area (Å²) in [5, 5.41) is 14.1. The number of oxazole rings is 1. The van der Waals surface area contributed by atoms with Gasteiger partial charge in [-0.15, -0.1) is 0 Å². The lowest BCUT2D eigenvalue weighted by atomic mass is 9.97. The third kappa shape index (κ3) is 5.63. The Bertz CT molecular complexity index is 887. The van der Waals surface area contributed by atoms with Crippen LogP contribution >= 0.6 is 0 Å². The summed E-state index contributed by atoms with van der Waals surface area (Å²) >= 11 is 0. The van der Waals surface area contributed by atoms with E-state index in [1.165, 1.54) is 6.92 Å². The van der Waals surface area contributed by atoms with Crippen LogP contribution in [0.5, 0.6) is 0 Å². The third-order valence-corrected chi connectivity index (χ3v) is 4.68. The van der Waals surface area contributed by atoms with Crippen molar-refractivity contribution in [2.45, 2.75) is 46.2 Å². The maximum atomic E-state index is 12.7. The second-order valence-electron chi connectivity index (χ2n) is 7.27. The lowest BCUT2D eigenvalue weighted by Gasteiger charge is -2.21. The number of fused-ring (bicyclic) bond motifs is 1. The number of amides is 2. The van der Waals surface area contributed by atoms with E-state index in [-0.39, 0.29) is 23.6 Å². The van der Waals surface area contributed by atoms with Gasteiger partial charge in [0.2, 0.25) is 17.6 Å². The van der Waals surface area contributed by atoms with Crippen LogP contribution in [-0.4, -0.2) is 45.7 Å². The van der Waals surface area contributed by atoms with E-state index in [4.69, 9.17) is 9.52 Å². The van der Waals surface area contributed by atoms with E-state index in [2.05, 4.69) is 15.6 Å². The number of aliphatic carboxylic acids is 1. The van der Waals surface area contributed by atoms with Crippen molar-refractivity contribution in [1.82, 2.24) is 15.6 Å². The number of benzene rings is 1. The zero-order valence-corrected chi connectivity index (χ0v) is 16.8. The van der Waals surface area contributed by atoms with Crippen molar-refractivity contribution in [2.24, 2.45) is 11.8 Å². The summed E-state index contributed by atoms with van der Waals surface area (Å²) in [5.74, 6) is -3.52. The smallest absolute Gasteiger partial charge is 0.305 e. The Balaban J connectivity index is 2.13. The van der Waals surface area contributed by atoms with Crippen LogP contribution in [0.25, 0.3) is 11.1 Å². The van der Waals surface area contributed by atoms with Gasteiger partial charge in [-0.3, -0.25) is 19.2 Å². The summed E-state index contributed by atoms with van der Waals surface area (Å²) in [6.45, 7) is 6.98. The quantitative estimate of drug-likeness (QED) is 0.542. The standard InChI is InChI=1S/C20H25N3O6/c1-10(2)11(3)18(27)21-12(4)19(28)22-14(9-16(24)25)17(26)20-23-13-7-5-6-8-15(13)29-20/h5-8,10-12,14H,9H2,1-4H3,(H,21,27)(H,22,28)(H,24,25)/t11-,12+,14-/m1/s1. The highest BCUT2D eigenvalue weighted by atomic mass is 16.4. The van der Waals surface area contributed by atoms with Crippen molar-refractivity contribution in [1.29, 1.82) is 0 Å². The number of carboxylic acid groups (broad SMARTS) is 1. The fourth-order valence-electron chi connectivity index (χ4n) is 2.52. The van der Waals surface area contributed by atoms with E-state index in [0.717, 1.165) is 0 Å². The molecule has 0 saturated carbocycles. The van der Waals surface area contributed by atoms with Gasteiger partial charge in [-0.05, 0) is 25.0 Å². The zero-order valence-electron chi connectivity index (χ0n) is 16.8. The van der Waals surface area contributed by atoms with Crippen molar-refractivity contribution >= 4 is 34.7 Å². The Labute approximate surface area is 167 Å². The fourth-order valence-corrected chi connectivity index (χ4v) is 2.52. The number of aromatic nitrogens is 1. The summed E-state index contributed by atoms with van der Waals surface area (Å²) < 4.78 is 5.38. The van der Waals surface area contributed by atoms with Gasteiger partial charge in [0.25, 0.3) is 5.89 Å². The molecule has 0 aliphatic heterocycles. The Morgan fingerprint density at radius 1 is 1.03 bits per heavy atom. The van der Waals surface area contributed by atoms with Gasteiger partial charge in [0.15, 0.2) is 5.58 Å². The number of nitrogens with one attached hydrogen (secondary N) is 2. The van der Waals surface area contributed by atoms with Crippen LogP contribution in [0.3, 0.4) is 0 Å². The van der Waals surface area contributed by atoms with Crippen molar-refractivity contribution in [3.8, 4) is 0 Å². The second kappa shape index (κ2) is 9.31. The molecule has 0 unspecified atom stereocenters. The Hall–Kier alpha value is -3.23. The average molecular weight is 403 g/mol. The van der Waals surface area contributed by atoms with Crippen LogP contribution in [0.2, 0.25) is 0 Å². The van der Waals surface area contributed by atoms with Crippen LogP contribution in [0.1, 0.15) is 44.8 Å². The minimum atomic E-state index is -1.38. The molecule has 1 heterocycles. The van der Waals surface area contributed by atoms with Crippen molar-refractivity contribution in [3.05, 3.63) is 30.2 Å². The summed E-state index contributed by atoms with van der Waals surface area (Å²) in [6.07, 6.45) is -0.646. The Kier molecular flexibility index (Phi) is 7.08. The van der Waals surface area contributed by atoms with E-state index >= 15 is 0 Å². The highest BCUT2D eigenvalue weighted by molar-refractivity contribution is 6.02. The first-order chi connectivity index (χ1) is 13.6. The van der Waals surface area contributed by atoms with Crippen LogP contribution in [0.4, 0.5) is 0 Å². The van der Waals surface area contributed by atoms with Gasteiger partial charge in [0, 0.05) is 5.92 Å². The number of para-hydroxylation sites is 2. The summed E-state index contributed by atoms with van der Waals surface area (Å²) in [4.78, 5) is 52.5. The number of rotatable bonds is 9. The maximum absolute atomic E-state index is 12.7. The molecule has 29 heavy (non-hydrogen) atoms. The summed E-state index contributed by atoms with van der Waals surface area (Å²) in [7, 11) is 0. The number of hydrogen-bond donors (Lipinski definition) is 3. The minimum Gasteiger partial charge on any atom is -0.481 e. The van der Waals surface area contributed by atoms with Crippen LogP contribution in [0.15, 0.2) is 28.7 Å². The zero-order chi connectivity index (χ0) is 21.7. The van der Waals surface area contributed by atoms with E-state index in [9.17, 15) is 19.2 Å². The molecule has 2 aromatic rings. The molecule has 0 spiro atoms. The Morgan fingerprint density at radius 2 is 1.69 bits per heavy atom. The molecule has 3 N–H and O–H groups in total. The number of Topliss-reactive ketones (excluding diaryl/α,β-unsaturated/α-hetero) is 1. The van der Waals surface area contributed by atoms with Gasteiger partial charge in [0.05, 0.1) is 6.42 Å². The van der Waals surface area contributed by atoms with E-state index in [1.54, 1.807) is 31.2 Å². The molecule has 0 radical (unpaired) electrons. The van der Waals surface area contributed by atoms with Crippen molar-refractivity contribution < 1.29 is 28.7 Å². The molecule has 0 fully saturated rings. The molecule has 9 heteroatoms. The van der Waals surface area contributed by atoms with E-state index in [0.29, 0.717) is 11.1 Å². The molecule has 3 atom stereocenters. The van der Waals surface area contributed by atoms with Gasteiger partial charge >= 0.3 is 5.97 Å². The number of carbonyl (C=O) groups is 4. The predicted octanol–water partition coefficient (Wildman–Crippen LogP) is 1.77. The molecule has 0 bridgehead atoms. The van der Waals surface area contributed by atoms with Crippen LogP contribution in [-0.2, 0) is 14.4 Å². The molecule has 2 amide bonds. The maximum Gasteiger partial charge on any atom is 0.305 e. The van der Waals surface area contributed by atoms with E-state index < -0.39 is 36.2 Å². The first kappa shape index (κ1) is 22.1. The van der Waals surface area contributed by atoms with Crippen molar-refractivity contribution in [3.63, 3.8) is 0 Å². The van der Waals surface area contributed by atoms with Crippen LogP contribution < -0.4 is 10.6 Å². The molecular weight excluding hydrogens is 378 g/mol. The monoisotopic (exact) mass is 403 g/mol. The van der Waals surface area contributed by atoms with Gasteiger partial charge in [-0.2, -0.15) is 0 Å². The van der Waals surface area contributed by atoms with Gasteiger partial charge < -0.3 is 20.2 Å². The third-order valence-electron chi connectivity index (χ3n) is 4.68. The highest BCUT2D eigenvalue weighted by Gasteiger charge is 2.31. The molecule has 1 aromatic heterocycles. The van der Waals surface area contributed by atoms with Gasteiger partial charge in [-0.1, -0.05) is 32.9 Å². The first-order valence-electron chi connectivity index (χ1n) is 9.32. The predicted molar refractivity (Wildman–Crippen MR) is 104 cm³/mol. The minimum absolute atomic E-state index is 0.0887. The molecule has 0 saturated heterocycles. The van der Waals surface area contributed by atoms with Crippen molar-refractivity contribution in [2.75, 3.05) is 0 Å². The Morgan fingerprint density at radius 3 is 2.28 bits per heavy atom. The van der Waals surface area contributed by atoms with Gasteiger partial charge in [0.1, 0.15) is 17.6 Å². The molecule has 2 rings (SSSR count). The van der Waals surface area contributed by atoms with Gasteiger partial charge in [-0.25, -0.2) is 4.98 Å². The summed E-state index contributed by atoms with van der Waals surface area (Å²) in [6, 6.07) is 4.37. The topological polar surface area (TPSA) is 139 Å². The summed E-state index contributed by atoms with van der Waals surface area (Å²) in [5.41, 5.74) is 0.819. The molecule has 0 aliphatic carbocycles. The number of ketones is 1. The number of hydrogen-bond acceptors (Lipinski definition) is 6. The first-order valence-corrected chi connectivity index (χ1v) is 9.32.